The summed E-state index contributed by atoms with van der Waals surface area (Å²) < 4.78 is 6.01. The number of hydrogen-bond donors (Lipinski definition) is 0. The number of ether oxygens (including phenoxy) is 1. The molecule has 2 fully saturated rings. The summed E-state index contributed by atoms with van der Waals surface area (Å²) in [6.07, 6.45) is 17.5. The summed E-state index contributed by atoms with van der Waals surface area (Å²) in [6.45, 7) is 5.37. The third kappa shape index (κ3) is 6.73. The quantitative estimate of drug-likeness (QED) is 0.475. The van der Waals surface area contributed by atoms with Crippen LogP contribution in [0, 0.1) is 35.5 Å². The van der Waals surface area contributed by atoms with Crippen molar-refractivity contribution in [3.63, 3.8) is 0 Å². The first-order valence-electron chi connectivity index (χ1n) is 11.7. The molecule has 0 heterocycles. The molecule has 0 atom stereocenters. The Labute approximate surface area is 173 Å². The Morgan fingerprint density at radius 3 is 2.21 bits per heavy atom. The third-order valence-corrected chi connectivity index (χ3v) is 6.87. The van der Waals surface area contributed by atoms with Crippen molar-refractivity contribution in [2.45, 2.75) is 78.1 Å². The van der Waals surface area contributed by atoms with E-state index in [4.69, 9.17) is 4.74 Å². The standard InChI is InChI=1S/C27H38O/c1-3-22-9-11-24(12-10-22)7-5-6-8-25-13-15-26(16-14-25)21-28-27-19-17-23(4-2)18-20-27/h5,7,17-20,22,24-26H,3-4,9-16,21H2,1-2H3. The Bertz CT molecular complexity index is 644. The zero-order valence-electron chi connectivity index (χ0n) is 18.0. The average Bonchev–Trinajstić information content (AvgIpc) is 2.77. The minimum atomic E-state index is 0.584. The summed E-state index contributed by atoms with van der Waals surface area (Å²) in [6, 6.07) is 8.56. The lowest BCUT2D eigenvalue weighted by molar-refractivity contribution is 0.196. The van der Waals surface area contributed by atoms with E-state index in [9.17, 15) is 0 Å². The van der Waals surface area contributed by atoms with E-state index in [1.54, 1.807) is 0 Å². The summed E-state index contributed by atoms with van der Waals surface area (Å²) in [5.41, 5.74) is 1.37. The van der Waals surface area contributed by atoms with Crippen LogP contribution in [0.1, 0.15) is 77.2 Å². The highest BCUT2D eigenvalue weighted by Gasteiger charge is 2.20. The largest absolute Gasteiger partial charge is 0.493 e. The molecule has 0 bridgehead atoms. The maximum atomic E-state index is 6.01. The fourth-order valence-corrected chi connectivity index (χ4v) is 4.65. The van der Waals surface area contributed by atoms with Crippen LogP contribution in [0.25, 0.3) is 0 Å². The Balaban J connectivity index is 1.33. The van der Waals surface area contributed by atoms with E-state index in [0.29, 0.717) is 11.8 Å². The minimum absolute atomic E-state index is 0.584. The normalized spacial score (nSPS) is 27.9. The van der Waals surface area contributed by atoms with E-state index >= 15 is 0 Å². The van der Waals surface area contributed by atoms with Gasteiger partial charge in [-0.3, -0.25) is 0 Å². The van der Waals surface area contributed by atoms with Crippen molar-refractivity contribution in [3.8, 4) is 17.6 Å². The van der Waals surface area contributed by atoms with E-state index in [2.05, 4.69) is 62.1 Å². The second-order valence-electron chi connectivity index (χ2n) is 8.86. The molecule has 0 saturated heterocycles. The van der Waals surface area contributed by atoms with Crippen LogP contribution in [0.3, 0.4) is 0 Å². The van der Waals surface area contributed by atoms with Gasteiger partial charge in [0.25, 0.3) is 0 Å². The van der Waals surface area contributed by atoms with Gasteiger partial charge in [0.2, 0.25) is 0 Å². The molecule has 1 aromatic carbocycles. The van der Waals surface area contributed by atoms with Gasteiger partial charge in [-0.2, -0.15) is 0 Å². The lowest BCUT2D eigenvalue weighted by Crippen LogP contribution is -2.19. The van der Waals surface area contributed by atoms with Crippen molar-refractivity contribution < 1.29 is 4.74 Å². The molecule has 1 aromatic rings. The number of rotatable bonds is 6. The maximum Gasteiger partial charge on any atom is 0.119 e. The van der Waals surface area contributed by atoms with Crippen molar-refractivity contribution in [3.05, 3.63) is 42.0 Å². The van der Waals surface area contributed by atoms with Gasteiger partial charge in [0.15, 0.2) is 0 Å². The second-order valence-corrected chi connectivity index (χ2v) is 8.86. The fraction of sp³-hybridized carbons (Fsp3) is 0.630. The van der Waals surface area contributed by atoms with Crippen molar-refractivity contribution in [1.82, 2.24) is 0 Å². The zero-order chi connectivity index (χ0) is 19.6. The van der Waals surface area contributed by atoms with E-state index in [-0.39, 0.29) is 0 Å². The average molecular weight is 379 g/mol. The van der Waals surface area contributed by atoms with Crippen molar-refractivity contribution in [2.24, 2.45) is 23.7 Å². The van der Waals surface area contributed by atoms with Crippen LogP contribution in [-0.4, -0.2) is 6.61 Å². The van der Waals surface area contributed by atoms with Gasteiger partial charge in [0.05, 0.1) is 6.61 Å². The van der Waals surface area contributed by atoms with Gasteiger partial charge in [-0.25, -0.2) is 0 Å². The van der Waals surface area contributed by atoms with Crippen LogP contribution >= 0.6 is 0 Å². The van der Waals surface area contributed by atoms with Gasteiger partial charge in [-0.15, -0.1) is 0 Å². The van der Waals surface area contributed by atoms with Crippen LogP contribution in [0.5, 0.6) is 5.75 Å². The molecular weight excluding hydrogens is 340 g/mol. The molecule has 28 heavy (non-hydrogen) atoms. The van der Waals surface area contributed by atoms with E-state index in [1.165, 1.54) is 63.4 Å². The molecule has 152 valence electrons. The molecule has 1 nitrogen and oxygen atoms in total. The summed E-state index contributed by atoms with van der Waals surface area (Å²) >= 11 is 0. The number of hydrogen-bond acceptors (Lipinski definition) is 1. The number of allylic oxidation sites excluding steroid dienone is 2. The van der Waals surface area contributed by atoms with Crippen LogP contribution in [0.15, 0.2) is 36.4 Å². The first-order chi connectivity index (χ1) is 13.8. The van der Waals surface area contributed by atoms with Crippen molar-refractivity contribution in [2.75, 3.05) is 6.61 Å². The van der Waals surface area contributed by atoms with E-state index in [1.807, 2.05) is 0 Å². The van der Waals surface area contributed by atoms with Gasteiger partial charge in [-0.05, 0) is 99.3 Å². The smallest absolute Gasteiger partial charge is 0.119 e. The first-order valence-corrected chi connectivity index (χ1v) is 11.7. The lowest BCUT2D eigenvalue weighted by atomic mass is 9.81. The second kappa shape index (κ2) is 11.4. The summed E-state index contributed by atoms with van der Waals surface area (Å²) in [4.78, 5) is 0. The third-order valence-electron chi connectivity index (χ3n) is 6.87. The molecule has 0 amide bonds. The fourth-order valence-electron chi connectivity index (χ4n) is 4.65. The lowest BCUT2D eigenvalue weighted by Gasteiger charge is -2.25. The van der Waals surface area contributed by atoms with E-state index < -0.39 is 0 Å². The molecule has 0 spiro atoms. The monoisotopic (exact) mass is 378 g/mol. The molecule has 2 saturated carbocycles. The minimum Gasteiger partial charge on any atom is -0.493 e. The van der Waals surface area contributed by atoms with Gasteiger partial charge in [-0.1, -0.05) is 50.3 Å². The molecule has 0 unspecified atom stereocenters. The number of aryl methyl sites for hydroxylation is 1. The predicted octanol–water partition coefficient (Wildman–Crippen LogP) is 7.21. The Morgan fingerprint density at radius 2 is 1.57 bits per heavy atom. The number of benzene rings is 1. The van der Waals surface area contributed by atoms with Gasteiger partial charge >= 0.3 is 0 Å². The molecule has 0 N–H and O–H groups in total. The molecule has 2 aliphatic rings. The predicted molar refractivity (Wildman–Crippen MR) is 119 cm³/mol. The molecular formula is C27H38O. The highest BCUT2D eigenvalue weighted by atomic mass is 16.5. The van der Waals surface area contributed by atoms with Crippen molar-refractivity contribution >= 4 is 0 Å². The van der Waals surface area contributed by atoms with Gasteiger partial charge in [0.1, 0.15) is 5.75 Å². The van der Waals surface area contributed by atoms with Crippen LogP contribution < -0.4 is 4.74 Å². The summed E-state index contributed by atoms with van der Waals surface area (Å²) in [7, 11) is 0. The zero-order valence-corrected chi connectivity index (χ0v) is 18.0. The highest BCUT2D eigenvalue weighted by Crippen LogP contribution is 2.31. The van der Waals surface area contributed by atoms with Gasteiger partial charge < -0.3 is 4.74 Å². The molecule has 0 aromatic heterocycles. The van der Waals surface area contributed by atoms with Crippen LogP contribution in [0.4, 0.5) is 0 Å². The molecule has 2 aliphatic carbocycles. The summed E-state index contributed by atoms with van der Waals surface area (Å²) in [5.74, 6) is 10.9. The molecule has 1 heteroatoms. The van der Waals surface area contributed by atoms with Crippen molar-refractivity contribution in [1.29, 1.82) is 0 Å². The maximum absolute atomic E-state index is 6.01. The Kier molecular flexibility index (Phi) is 8.53. The Morgan fingerprint density at radius 1 is 0.893 bits per heavy atom. The topological polar surface area (TPSA) is 9.23 Å². The van der Waals surface area contributed by atoms with Gasteiger partial charge in [0, 0.05) is 5.92 Å². The molecule has 0 radical (unpaired) electrons. The van der Waals surface area contributed by atoms with Crippen LogP contribution in [-0.2, 0) is 6.42 Å². The Hall–Kier alpha value is -1.68. The molecule has 0 aliphatic heterocycles. The highest BCUT2D eigenvalue weighted by molar-refractivity contribution is 5.27. The first kappa shape index (κ1) is 21.0. The summed E-state index contributed by atoms with van der Waals surface area (Å²) in [5, 5.41) is 0. The molecule has 3 rings (SSSR count). The van der Waals surface area contributed by atoms with E-state index in [0.717, 1.165) is 30.6 Å². The van der Waals surface area contributed by atoms with Crippen LogP contribution in [0.2, 0.25) is 0 Å². The SMILES string of the molecule is CCc1ccc(OCC2CCC(C#CC=CC3CCC(CC)CC3)CC2)cc1.